The summed E-state index contributed by atoms with van der Waals surface area (Å²) in [6, 6.07) is 9.12. The van der Waals surface area contributed by atoms with Crippen molar-refractivity contribution >= 4 is 17.8 Å². The second kappa shape index (κ2) is 9.19. The highest BCUT2D eigenvalue weighted by Gasteiger charge is 2.46. The van der Waals surface area contributed by atoms with E-state index in [2.05, 4.69) is 0 Å². The summed E-state index contributed by atoms with van der Waals surface area (Å²) in [5.41, 5.74) is 6.25. The zero-order valence-corrected chi connectivity index (χ0v) is 16.1. The number of aliphatic carboxylic acids is 1. The van der Waals surface area contributed by atoms with Gasteiger partial charge in [-0.15, -0.1) is 0 Å². The summed E-state index contributed by atoms with van der Waals surface area (Å²) >= 11 is 0. The van der Waals surface area contributed by atoms with Gasteiger partial charge in [-0.1, -0.05) is 43.2 Å². The minimum Gasteiger partial charge on any atom is -0.480 e. The van der Waals surface area contributed by atoms with Gasteiger partial charge < -0.3 is 15.7 Å². The molecular formula is C21H29N3O4. The van der Waals surface area contributed by atoms with Crippen molar-refractivity contribution in [1.29, 1.82) is 0 Å². The van der Waals surface area contributed by atoms with Gasteiger partial charge >= 0.3 is 5.97 Å². The summed E-state index contributed by atoms with van der Waals surface area (Å²) in [5, 5.41) is 9.67. The highest BCUT2D eigenvalue weighted by molar-refractivity contribution is 5.81. The van der Waals surface area contributed by atoms with Crippen LogP contribution in [0.3, 0.4) is 0 Å². The first-order valence-electron chi connectivity index (χ1n) is 10.0. The van der Waals surface area contributed by atoms with E-state index in [4.69, 9.17) is 5.73 Å². The van der Waals surface area contributed by atoms with Crippen molar-refractivity contribution < 1.29 is 19.5 Å². The second-order valence-electron chi connectivity index (χ2n) is 7.89. The van der Waals surface area contributed by atoms with Crippen LogP contribution in [0.5, 0.6) is 0 Å². The van der Waals surface area contributed by atoms with Gasteiger partial charge in [0.05, 0.1) is 6.54 Å². The van der Waals surface area contributed by atoms with Gasteiger partial charge in [0.25, 0.3) is 0 Å². The van der Waals surface area contributed by atoms with Crippen LogP contribution in [0.2, 0.25) is 0 Å². The van der Waals surface area contributed by atoms with E-state index in [-0.39, 0.29) is 31.5 Å². The van der Waals surface area contributed by atoms with E-state index in [0.717, 1.165) is 31.2 Å². The maximum absolute atomic E-state index is 13.1. The van der Waals surface area contributed by atoms with E-state index in [9.17, 15) is 19.5 Å². The number of carboxylic acid groups (broad SMARTS) is 1. The van der Waals surface area contributed by atoms with Gasteiger partial charge in [0.2, 0.25) is 11.8 Å². The standard InChI is InChI=1S/C21H29N3O4/c22-19(25)10-11-23(13-15-6-2-1-3-7-15)20(26)14-24-17-9-5-4-8-16(17)12-18(24)21(27)28/h1-3,6-7,16-18H,4-5,8-14H2,(H2,22,25)(H,27,28). The third kappa shape index (κ3) is 4.90. The minimum atomic E-state index is -0.853. The first-order chi connectivity index (χ1) is 13.5. The lowest BCUT2D eigenvalue weighted by Gasteiger charge is -2.34. The van der Waals surface area contributed by atoms with Crippen molar-refractivity contribution in [2.45, 2.75) is 57.2 Å². The third-order valence-electron chi connectivity index (χ3n) is 6.02. The summed E-state index contributed by atoms with van der Waals surface area (Å²) in [5.74, 6) is -1.10. The van der Waals surface area contributed by atoms with Gasteiger partial charge in [0.15, 0.2) is 0 Å². The number of nitrogens with zero attached hydrogens (tertiary/aromatic N) is 2. The summed E-state index contributed by atoms with van der Waals surface area (Å²) in [7, 11) is 0. The van der Waals surface area contributed by atoms with Crippen LogP contribution in [0.15, 0.2) is 30.3 Å². The van der Waals surface area contributed by atoms with Crippen molar-refractivity contribution in [3.63, 3.8) is 0 Å². The molecule has 3 unspecified atom stereocenters. The molecule has 7 heteroatoms. The smallest absolute Gasteiger partial charge is 0.320 e. The van der Waals surface area contributed by atoms with Gasteiger partial charge in [-0.2, -0.15) is 0 Å². The quantitative estimate of drug-likeness (QED) is 0.705. The Kier molecular flexibility index (Phi) is 6.67. The summed E-state index contributed by atoms with van der Waals surface area (Å²) in [6.45, 7) is 0.694. The molecule has 2 fully saturated rings. The van der Waals surface area contributed by atoms with Crippen LogP contribution in [-0.4, -0.2) is 57.9 Å². The summed E-state index contributed by atoms with van der Waals surface area (Å²) < 4.78 is 0. The Morgan fingerprint density at radius 1 is 1.14 bits per heavy atom. The van der Waals surface area contributed by atoms with E-state index in [1.165, 1.54) is 0 Å². The molecule has 28 heavy (non-hydrogen) atoms. The molecule has 2 aliphatic rings. The highest BCUT2D eigenvalue weighted by atomic mass is 16.4. The van der Waals surface area contributed by atoms with E-state index in [0.29, 0.717) is 18.9 Å². The first kappa shape index (κ1) is 20.3. The molecule has 3 N–H and O–H groups in total. The maximum atomic E-state index is 13.1. The molecule has 3 atom stereocenters. The van der Waals surface area contributed by atoms with Crippen molar-refractivity contribution in [3.8, 4) is 0 Å². The van der Waals surface area contributed by atoms with Crippen LogP contribution in [-0.2, 0) is 20.9 Å². The Balaban J connectivity index is 1.73. The SMILES string of the molecule is NC(=O)CCN(Cc1ccccc1)C(=O)CN1C(C(=O)O)CC2CCCCC21. The van der Waals surface area contributed by atoms with Crippen LogP contribution >= 0.6 is 0 Å². The van der Waals surface area contributed by atoms with E-state index >= 15 is 0 Å². The fraction of sp³-hybridized carbons (Fsp3) is 0.571. The number of benzene rings is 1. The van der Waals surface area contributed by atoms with Gasteiger partial charge in [-0.05, 0) is 30.7 Å². The number of rotatable bonds is 8. The van der Waals surface area contributed by atoms with Crippen molar-refractivity contribution in [3.05, 3.63) is 35.9 Å². The molecule has 1 aromatic carbocycles. The molecular weight excluding hydrogens is 358 g/mol. The Labute approximate surface area is 165 Å². The van der Waals surface area contributed by atoms with Crippen molar-refractivity contribution in [2.24, 2.45) is 11.7 Å². The molecule has 1 aromatic rings. The molecule has 7 nitrogen and oxygen atoms in total. The molecule has 3 rings (SSSR count). The molecule has 1 heterocycles. The zero-order chi connectivity index (χ0) is 20.1. The minimum absolute atomic E-state index is 0.0731. The fourth-order valence-corrected chi connectivity index (χ4v) is 4.62. The molecule has 1 aliphatic carbocycles. The molecule has 0 radical (unpaired) electrons. The predicted molar refractivity (Wildman–Crippen MR) is 104 cm³/mol. The van der Waals surface area contributed by atoms with Crippen LogP contribution in [0.1, 0.15) is 44.1 Å². The van der Waals surface area contributed by atoms with Gasteiger partial charge in [0, 0.05) is 25.6 Å². The van der Waals surface area contributed by atoms with Gasteiger partial charge in [-0.3, -0.25) is 19.3 Å². The average Bonchev–Trinajstić information content (AvgIpc) is 3.04. The fourth-order valence-electron chi connectivity index (χ4n) is 4.62. The van der Waals surface area contributed by atoms with E-state index < -0.39 is 17.9 Å². The molecule has 1 saturated carbocycles. The molecule has 0 aromatic heterocycles. The lowest BCUT2D eigenvalue weighted by molar-refractivity contribution is -0.144. The van der Waals surface area contributed by atoms with Crippen LogP contribution in [0.25, 0.3) is 0 Å². The number of primary amides is 1. The Morgan fingerprint density at radius 2 is 1.86 bits per heavy atom. The maximum Gasteiger partial charge on any atom is 0.320 e. The van der Waals surface area contributed by atoms with Crippen molar-refractivity contribution in [1.82, 2.24) is 9.80 Å². The van der Waals surface area contributed by atoms with Crippen LogP contribution in [0, 0.1) is 5.92 Å². The van der Waals surface area contributed by atoms with Crippen LogP contribution < -0.4 is 5.73 Å². The first-order valence-corrected chi connectivity index (χ1v) is 10.0. The third-order valence-corrected chi connectivity index (χ3v) is 6.02. The number of carbonyl (C=O) groups excluding carboxylic acids is 2. The monoisotopic (exact) mass is 387 g/mol. The Hall–Kier alpha value is -2.41. The molecule has 0 spiro atoms. The number of hydrogen-bond acceptors (Lipinski definition) is 4. The predicted octanol–water partition coefficient (Wildman–Crippen LogP) is 1.61. The van der Waals surface area contributed by atoms with Gasteiger partial charge in [0.1, 0.15) is 6.04 Å². The number of amides is 2. The molecule has 2 amide bonds. The lowest BCUT2D eigenvalue weighted by atomic mass is 9.85. The van der Waals surface area contributed by atoms with E-state index in [1.54, 1.807) is 4.90 Å². The van der Waals surface area contributed by atoms with Gasteiger partial charge in [-0.25, -0.2) is 0 Å². The summed E-state index contributed by atoms with van der Waals surface area (Å²) in [6.07, 6.45) is 4.90. The summed E-state index contributed by atoms with van der Waals surface area (Å²) in [4.78, 5) is 39.6. The molecule has 152 valence electrons. The average molecular weight is 387 g/mol. The number of hydrogen-bond donors (Lipinski definition) is 2. The number of nitrogens with two attached hydrogens (primary N) is 1. The topological polar surface area (TPSA) is 104 Å². The Morgan fingerprint density at radius 3 is 2.54 bits per heavy atom. The largest absolute Gasteiger partial charge is 0.480 e. The molecule has 0 bridgehead atoms. The normalized spacial score (nSPS) is 24.5. The molecule has 1 aliphatic heterocycles. The van der Waals surface area contributed by atoms with Crippen molar-refractivity contribution in [2.75, 3.05) is 13.1 Å². The highest BCUT2D eigenvalue weighted by Crippen LogP contribution is 2.39. The number of fused-ring (bicyclic) bond motifs is 1. The second-order valence-corrected chi connectivity index (χ2v) is 7.89. The van der Waals surface area contributed by atoms with E-state index in [1.807, 2.05) is 35.2 Å². The van der Waals surface area contributed by atoms with Crippen LogP contribution in [0.4, 0.5) is 0 Å². The number of carboxylic acids is 1. The Bertz CT molecular complexity index is 709. The molecule has 1 saturated heterocycles. The lowest BCUT2D eigenvalue weighted by Crippen LogP contribution is -2.48. The number of likely N-dealkylation sites (tertiary alicyclic amines) is 1. The zero-order valence-electron chi connectivity index (χ0n) is 16.1. The number of carbonyl (C=O) groups is 3.